The number of alkyl halides is 3. The molecule has 2 amide bonds. The van der Waals surface area contributed by atoms with E-state index in [0.717, 1.165) is 18.2 Å². The van der Waals surface area contributed by atoms with Crippen LogP contribution in [0.5, 0.6) is 5.75 Å². The highest BCUT2D eigenvalue weighted by molar-refractivity contribution is 6.07. The first-order valence-corrected chi connectivity index (χ1v) is 12.1. The van der Waals surface area contributed by atoms with Crippen LogP contribution in [-0.4, -0.2) is 45.8 Å². The molecule has 3 heterocycles. The van der Waals surface area contributed by atoms with Crippen molar-refractivity contribution in [3.05, 3.63) is 83.4 Å². The van der Waals surface area contributed by atoms with E-state index in [2.05, 4.69) is 10.3 Å². The van der Waals surface area contributed by atoms with E-state index in [1.807, 2.05) is 0 Å². The largest absolute Gasteiger partial charge is 0.489 e. The van der Waals surface area contributed by atoms with Crippen molar-refractivity contribution in [3.63, 3.8) is 0 Å². The molecule has 40 heavy (non-hydrogen) atoms. The standard InChI is InChI=1S/C28H24F4N4O4/c1-26(25(33)38)14-40-23-19(26)11-21(35-22(23)15-7-9-16(29)10-8-15)27(39,28(30,31)32)13-34-24(37)18-12-36(2)20-6-4-3-5-17(18)20/h3-12,39H,13-14H2,1-2H3,(H2,33,38)(H,34,37)/t26-,27?/m0/s1. The van der Waals surface area contributed by atoms with E-state index in [-0.39, 0.29) is 34.7 Å². The Morgan fingerprint density at radius 1 is 1.18 bits per heavy atom. The Morgan fingerprint density at radius 2 is 1.85 bits per heavy atom. The van der Waals surface area contributed by atoms with E-state index < -0.39 is 47.1 Å². The van der Waals surface area contributed by atoms with E-state index in [9.17, 15) is 32.3 Å². The molecular formula is C28H24F4N4O4. The highest BCUT2D eigenvalue weighted by atomic mass is 19.4. The number of carbonyl (C=O) groups excluding carboxylic acids is 2. The predicted octanol–water partition coefficient (Wildman–Crippen LogP) is 3.69. The Morgan fingerprint density at radius 3 is 2.50 bits per heavy atom. The molecule has 4 aromatic rings. The number of pyridine rings is 1. The Balaban J connectivity index is 1.61. The second kappa shape index (κ2) is 9.33. The zero-order valence-corrected chi connectivity index (χ0v) is 21.3. The first-order chi connectivity index (χ1) is 18.8. The summed E-state index contributed by atoms with van der Waals surface area (Å²) in [6, 6.07) is 12.5. The molecule has 0 saturated carbocycles. The molecule has 0 saturated heterocycles. The number of primary amides is 1. The number of ether oxygens (including phenoxy) is 1. The van der Waals surface area contributed by atoms with Crippen LogP contribution in [0.2, 0.25) is 0 Å². The number of hydrogen-bond donors (Lipinski definition) is 3. The molecule has 0 fully saturated rings. The van der Waals surface area contributed by atoms with Gasteiger partial charge in [-0.2, -0.15) is 13.2 Å². The van der Waals surface area contributed by atoms with Gasteiger partial charge in [-0.1, -0.05) is 18.2 Å². The minimum absolute atomic E-state index is 0.0130. The van der Waals surface area contributed by atoms with Crippen LogP contribution in [0.25, 0.3) is 22.2 Å². The predicted molar refractivity (Wildman–Crippen MR) is 137 cm³/mol. The third kappa shape index (κ3) is 4.24. The van der Waals surface area contributed by atoms with Crippen LogP contribution in [0.15, 0.2) is 60.8 Å². The van der Waals surface area contributed by atoms with Crippen LogP contribution in [0.1, 0.15) is 28.5 Å². The summed E-state index contributed by atoms with van der Waals surface area (Å²) in [5.74, 6) is -2.32. The van der Waals surface area contributed by atoms with E-state index in [1.54, 1.807) is 35.9 Å². The third-order valence-electron chi connectivity index (χ3n) is 7.27. The fourth-order valence-electron chi connectivity index (χ4n) is 4.76. The van der Waals surface area contributed by atoms with Crippen LogP contribution < -0.4 is 15.8 Å². The molecule has 0 spiro atoms. The number of aliphatic hydroxyl groups is 1. The van der Waals surface area contributed by atoms with Gasteiger partial charge >= 0.3 is 6.18 Å². The Hall–Kier alpha value is -4.45. The van der Waals surface area contributed by atoms with Crippen LogP contribution in [0, 0.1) is 5.82 Å². The number of nitrogens with one attached hydrogen (secondary N) is 1. The Bertz CT molecular complexity index is 1650. The number of amides is 2. The number of para-hydroxylation sites is 1. The van der Waals surface area contributed by atoms with Gasteiger partial charge in [0.1, 0.15) is 29.3 Å². The molecule has 2 atom stereocenters. The molecule has 5 rings (SSSR count). The molecule has 2 aromatic carbocycles. The number of rotatable bonds is 6. The van der Waals surface area contributed by atoms with E-state index in [1.165, 1.54) is 25.3 Å². The number of aromatic nitrogens is 2. The van der Waals surface area contributed by atoms with E-state index in [4.69, 9.17) is 10.5 Å². The fraction of sp³-hybridized carbons (Fsp3) is 0.250. The maximum Gasteiger partial charge on any atom is 0.424 e. The molecular weight excluding hydrogens is 532 g/mol. The smallest absolute Gasteiger partial charge is 0.424 e. The van der Waals surface area contributed by atoms with Crippen LogP contribution in [-0.2, 0) is 22.9 Å². The van der Waals surface area contributed by atoms with Crippen LogP contribution >= 0.6 is 0 Å². The van der Waals surface area contributed by atoms with Gasteiger partial charge in [-0.15, -0.1) is 0 Å². The van der Waals surface area contributed by atoms with Crippen molar-refractivity contribution in [3.8, 4) is 17.0 Å². The lowest BCUT2D eigenvalue weighted by Gasteiger charge is -2.31. The number of hydrogen-bond acceptors (Lipinski definition) is 5. The lowest BCUT2D eigenvalue weighted by atomic mass is 9.81. The first-order valence-electron chi connectivity index (χ1n) is 12.1. The number of benzene rings is 2. The molecule has 208 valence electrons. The Kier molecular flexibility index (Phi) is 6.33. The molecule has 8 nitrogen and oxygen atoms in total. The van der Waals surface area contributed by atoms with Crippen LogP contribution in [0.4, 0.5) is 17.6 Å². The molecule has 4 N–H and O–H groups in total. The molecule has 1 aliphatic heterocycles. The van der Waals surface area contributed by atoms with Gasteiger partial charge in [0.15, 0.2) is 0 Å². The molecule has 0 aliphatic carbocycles. The lowest BCUT2D eigenvalue weighted by Crippen LogP contribution is -2.51. The maximum absolute atomic E-state index is 14.6. The SMILES string of the molecule is Cn1cc(C(=O)NCC(O)(c2cc3c(c(-c4ccc(F)cc4)n2)OC[C@]3(C)C(N)=O)C(F)(F)F)c2ccccc21. The van der Waals surface area contributed by atoms with Crippen molar-refractivity contribution < 1.29 is 37.0 Å². The Labute approximate surface area is 225 Å². The number of nitrogens with zero attached hydrogens (tertiary/aromatic N) is 2. The van der Waals surface area contributed by atoms with Crippen molar-refractivity contribution in [1.29, 1.82) is 0 Å². The van der Waals surface area contributed by atoms with Gasteiger partial charge in [-0.05, 0) is 43.3 Å². The van der Waals surface area contributed by atoms with Crippen molar-refractivity contribution in [1.82, 2.24) is 14.9 Å². The number of aryl methyl sites for hydroxylation is 1. The van der Waals surface area contributed by atoms with Gasteiger partial charge in [0.2, 0.25) is 11.5 Å². The highest BCUT2D eigenvalue weighted by Crippen LogP contribution is 2.47. The van der Waals surface area contributed by atoms with Gasteiger partial charge < -0.3 is 25.5 Å². The number of fused-ring (bicyclic) bond motifs is 2. The normalized spacial score (nSPS) is 18.2. The zero-order chi connectivity index (χ0) is 29.0. The first kappa shape index (κ1) is 27.1. The number of halogens is 4. The summed E-state index contributed by atoms with van der Waals surface area (Å²) in [5.41, 5.74) is 0.271. The molecule has 2 aromatic heterocycles. The second-order valence-electron chi connectivity index (χ2n) is 9.94. The number of nitrogens with two attached hydrogens (primary N) is 1. The van der Waals surface area contributed by atoms with Gasteiger partial charge in [-0.3, -0.25) is 9.59 Å². The van der Waals surface area contributed by atoms with Crippen LogP contribution in [0.3, 0.4) is 0 Å². The molecule has 1 aliphatic rings. The monoisotopic (exact) mass is 556 g/mol. The minimum Gasteiger partial charge on any atom is -0.489 e. The van der Waals surface area contributed by atoms with Gasteiger partial charge in [0, 0.05) is 35.3 Å². The zero-order valence-electron chi connectivity index (χ0n) is 21.3. The molecule has 1 unspecified atom stereocenters. The second-order valence-corrected chi connectivity index (χ2v) is 9.94. The minimum atomic E-state index is -5.32. The summed E-state index contributed by atoms with van der Waals surface area (Å²) in [6.07, 6.45) is -3.84. The van der Waals surface area contributed by atoms with Gasteiger partial charge in [0.25, 0.3) is 5.91 Å². The summed E-state index contributed by atoms with van der Waals surface area (Å²) in [6.45, 7) is -0.172. The quantitative estimate of drug-likeness (QED) is 0.313. The summed E-state index contributed by atoms with van der Waals surface area (Å²) >= 11 is 0. The average molecular weight is 557 g/mol. The average Bonchev–Trinajstić information content (AvgIpc) is 3.44. The van der Waals surface area contributed by atoms with E-state index in [0.29, 0.717) is 10.9 Å². The van der Waals surface area contributed by atoms with Crippen molar-refractivity contribution in [2.24, 2.45) is 12.8 Å². The maximum atomic E-state index is 14.6. The summed E-state index contributed by atoms with van der Waals surface area (Å²) in [7, 11) is 1.69. The fourth-order valence-corrected chi connectivity index (χ4v) is 4.76. The van der Waals surface area contributed by atoms with Crippen molar-refractivity contribution in [2.75, 3.05) is 13.2 Å². The molecule has 0 bridgehead atoms. The molecule has 12 heteroatoms. The van der Waals surface area contributed by atoms with Gasteiger partial charge in [0.05, 0.1) is 17.8 Å². The van der Waals surface area contributed by atoms with E-state index >= 15 is 0 Å². The summed E-state index contributed by atoms with van der Waals surface area (Å²) < 4.78 is 64.6. The third-order valence-corrected chi connectivity index (χ3v) is 7.27. The highest BCUT2D eigenvalue weighted by Gasteiger charge is 2.57. The number of carbonyl (C=O) groups is 2. The summed E-state index contributed by atoms with van der Waals surface area (Å²) in [5, 5.41) is 13.9. The molecule has 0 radical (unpaired) electrons. The van der Waals surface area contributed by atoms with Gasteiger partial charge in [-0.25, -0.2) is 9.37 Å². The lowest BCUT2D eigenvalue weighted by molar-refractivity contribution is -0.265. The van der Waals surface area contributed by atoms with Crippen molar-refractivity contribution >= 4 is 22.7 Å². The summed E-state index contributed by atoms with van der Waals surface area (Å²) in [4.78, 5) is 29.5. The topological polar surface area (TPSA) is 119 Å². The van der Waals surface area contributed by atoms with Crippen molar-refractivity contribution in [2.45, 2.75) is 24.1 Å².